The van der Waals surface area contributed by atoms with Gasteiger partial charge in [0.2, 0.25) is 27.7 Å². The summed E-state index contributed by atoms with van der Waals surface area (Å²) in [6.45, 7) is 5.40. The van der Waals surface area contributed by atoms with Crippen molar-refractivity contribution in [1.82, 2.24) is 34.7 Å². The summed E-state index contributed by atoms with van der Waals surface area (Å²) in [5.74, 6) is 0.578. The molecule has 0 spiro atoms. The van der Waals surface area contributed by atoms with E-state index in [1.165, 1.54) is 51.5 Å². The highest BCUT2D eigenvalue weighted by Crippen LogP contribution is 2.42. The fourth-order valence-corrected chi connectivity index (χ4v) is 5.38. The summed E-state index contributed by atoms with van der Waals surface area (Å²) >= 11 is 5.88. The van der Waals surface area contributed by atoms with Crippen molar-refractivity contribution in [2.24, 2.45) is 0 Å². The molecular weight excluding hydrogens is 540 g/mol. The van der Waals surface area contributed by atoms with E-state index in [2.05, 4.69) is 34.9 Å². The Balaban J connectivity index is 1.79. The molecule has 1 saturated heterocycles. The number of ether oxygens (including phenoxy) is 4. The van der Waals surface area contributed by atoms with Gasteiger partial charge < -0.3 is 18.9 Å². The monoisotopic (exact) mass is 568 g/mol. The lowest BCUT2D eigenvalue weighted by atomic mass is 10.1. The third-order valence-corrected chi connectivity index (χ3v) is 8.00. The van der Waals surface area contributed by atoms with Crippen molar-refractivity contribution < 1.29 is 27.4 Å². The van der Waals surface area contributed by atoms with Gasteiger partial charge in [-0.05, 0) is 33.6 Å². The number of halogens is 1. The summed E-state index contributed by atoms with van der Waals surface area (Å²) in [7, 11) is 0.0510. The Morgan fingerprint density at radius 2 is 1.74 bits per heavy atom. The molecule has 14 nitrogen and oxygen atoms in total. The lowest BCUT2D eigenvalue weighted by Crippen LogP contribution is -2.33. The molecule has 3 aromatic heterocycles. The summed E-state index contributed by atoms with van der Waals surface area (Å²) < 4.78 is 53.7. The van der Waals surface area contributed by atoms with Crippen LogP contribution in [0.5, 0.6) is 11.8 Å². The van der Waals surface area contributed by atoms with Crippen molar-refractivity contribution in [2.75, 3.05) is 26.1 Å². The van der Waals surface area contributed by atoms with Crippen LogP contribution in [-0.4, -0.2) is 75.3 Å². The number of aromatic nitrogens is 7. The molecule has 0 bridgehead atoms. The highest BCUT2D eigenvalue weighted by atomic mass is 35.5. The fourth-order valence-electron chi connectivity index (χ4n) is 4.15. The van der Waals surface area contributed by atoms with Crippen LogP contribution in [0.4, 0.5) is 5.95 Å². The fraction of sp³-hybridized carbons (Fsp3) is 0.545. The quantitative estimate of drug-likeness (QED) is 0.380. The molecule has 0 radical (unpaired) electrons. The zero-order chi connectivity index (χ0) is 27.7. The van der Waals surface area contributed by atoms with Crippen LogP contribution < -0.4 is 14.2 Å². The molecule has 1 aliphatic heterocycles. The average Bonchev–Trinajstić information content (AvgIpc) is 3.46. The predicted octanol–water partition coefficient (Wildman–Crippen LogP) is 2.67. The Bertz CT molecular complexity index is 1360. The Labute approximate surface area is 225 Å². The van der Waals surface area contributed by atoms with Crippen molar-refractivity contribution in [3.05, 3.63) is 35.4 Å². The molecule has 0 aromatic carbocycles. The second-order valence-corrected chi connectivity index (χ2v) is 11.6. The van der Waals surface area contributed by atoms with E-state index in [4.69, 9.17) is 30.5 Å². The Hall–Kier alpha value is -3.14. The van der Waals surface area contributed by atoms with Crippen molar-refractivity contribution in [3.8, 4) is 17.4 Å². The molecule has 2 unspecified atom stereocenters. The highest BCUT2D eigenvalue weighted by molar-refractivity contribution is 7.93. The number of nitrogens with zero attached hydrogens (tertiary/aromatic N) is 7. The molecule has 3 aromatic rings. The van der Waals surface area contributed by atoms with Crippen LogP contribution >= 0.6 is 11.6 Å². The van der Waals surface area contributed by atoms with E-state index in [1.54, 1.807) is 0 Å². The molecule has 1 aliphatic rings. The molecule has 1 N–H and O–H groups in total. The molecule has 16 heteroatoms. The largest absolute Gasteiger partial charge is 0.479 e. The summed E-state index contributed by atoms with van der Waals surface area (Å²) in [5.41, 5.74) is -0.193. The number of hydrogen-bond donors (Lipinski definition) is 1. The van der Waals surface area contributed by atoms with Gasteiger partial charge in [0.25, 0.3) is 0 Å². The van der Waals surface area contributed by atoms with Gasteiger partial charge in [0.15, 0.2) is 17.3 Å². The van der Waals surface area contributed by atoms with Crippen LogP contribution in [0.1, 0.15) is 57.5 Å². The zero-order valence-corrected chi connectivity index (χ0v) is 23.3. The lowest BCUT2D eigenvalue weighted by molar-refractivity contribution is -0.0207. The van der Waals surface area contributed by atoms with Crippen molar-refractivity contribution in [1.29, 1.82) is 0 Å². The summed E-state index contributed by atoms with van der Waals surface area (Å²) in [6.07, 6.45) is 3.89. The molecule has 4 rings (SSSR count). The molecule has 4 heterocycles. The average molecular weight is 569 g/mol. The third kappa shape index (κ3) is 5.50. The zero-order valence-electron chi connectivity index (χ0n) is 21.7. The summed E-state index contributed by atoms with van der Waals surface area (Å²) in [5, 5.41) is 7.61. The number of rotatable bonds is 10. The van der Waals surface area contributed by atoms with Crippen molar-refractivity contribution in [2.45, 2.75) is 56.7 Å². The minimum atomic E-state index is -4.16. The van der Waals surface area contributed by atoms with Crippen molar-refractivity contribution in [3.63, 3.8) is 0 Å². The van der Waals surface area contributed by atoms with Crippen molar-refractivity contribution >= 4 is 27.6 Å². The number of methoxy groups -OCH3 is 3. The van der Waals surface area contributed by atoms with Gasteiger partial charge in [-0.1, -0.05) is 11.6 Å². The van der Waals surface area contributed by atoms with Crippen LogP contribution in [0.2, 0.25) is 5.02 Å². The molecule has 0 amide bonds. The van der Waals surface area contributed by atoms with Crippen LogP contribution in [0.25, 0.3) is 5.69 Å². The van der Waals surface area contributed by atoms with Gasteiger partial charge in [0, 0.05) is 19.5 Å². The minimum absolute atomic E-state index is 0.119. The van der Waals surface area contributed by atoms with Crippen LogP contribution in [0.3, 0.4) is 0 Å². The number of hydrogen-bond acceptors (Lipinski definition) is 12. The first-order chi connectivity index (χ1) is 18.0. The Kier molecular flexibility index (Phi) is 8.01. The predicted molar refractivity (Wildman–Crippen MR) is 136 cm³/mol. The van der Waals surface area contributed by atoms with E-state index in [-0.39, 0.29) is 29.2 Å². The molecular formula is C22H29ClN8O6S. The maximum absolute atomic E-state index is 13.6. The van der Waals surface area contributed by atoms with Gasteiger partial charge in [0.05, 0.1) is 24.8 Å². The van der Waals surface area contributed by atoms with Gasteiger partial charge in [-0.25, -0.2) is 18.4 Å². The van der Waals surface area contributed by atoms with E-state index >= 15 is 0 Å². The van der Waals surface area contributed by atoms with E-state index in [1.807, 2.05) is 13.8 Å². The third-order valence-electron chi connectivity index (χ3n) is 6.11. The van der Waals surface area contributed by atoms with E-state index in [0.717, 1.165) is 6.42 Å². The number of anilines is 1. The van der Waals surface area contributed by atoms with Crippen LogP contribution in [0, 0.1) is 0 Å². The first kappa shape index (κ1) is 27.9. The molecule has 0 saturated carbocycles. The molecule has 1 fully saturated rings. The van der Waals surface area contributed by atoms with Gasteiger partial charge in [-0.2, -0.15) is 9.97 Å². The smallest absolute Gasteiger partial charge is 0.245 e. The number of nitrogens with one attached hydrogen (secondary N) is 1. The van der Waals surface area contributed by atoms with Gasteiger partial charge >= 0.3 is 0 Å². The molecule has 3 atom stereocenters. The Morgan fingerprint density at radius 3 is 2.26 bits per heavy atom. The minimum Gasteiger partial charge on any atom is -0.479 e. The second-order valence-electron chi connectivity index (χ2n) is 9.13. The first-order valence-electron chi connectivity index (χ1n) is 11.6. The van der Waals surface area contributed by atoms with E-state index in [0.29, 0.717) is 17.3 Å². The normalized spacial score (nSPS) is 18.7. The molecule has 0 aliphatic carbocycles. The molecule has 206 valence electrons. The van der Waals surface area contributed by atoms with E-state index in [9.17, 15) is 8.42 Å². The summed E-state index contributed by atoms with van der Waals surface area (Å²) in [6, 6.07) is 0. The number of sulfonamides is 1. The SMILES string of the molecule is COc1ncnc(OC)c1-n1c(NS(=O)(=O)C(C)C(OC)c2ncc(Cl)cn2)nnc1[C@H]1CCC(C)(C)O1. The van der Waals surface area contributed by atoms with E-state index < -0.39 is 33.1 Å². The second kappa shape index (κ2) is 10.9. The topological polar surface area (TPSA) is 165 Å². The molecule has 38 heavy (non-hydrogen) atoms. The summed E-state index contributed by atoms with van der Waals surface area (Å²) in [4.78, 5) is 16.6. The first-order valence-corrected chi connectivity index (χ1v) is 13.5. The Morgan fingerprint density at radius 1 is 1.11 bits per heavy atom. The van der Waals surface area contributed by atoms with Gasteiger partial charge in [-0.3, -0.25) is 9.29 Å². The maximum atomic E-state index is 13.6. The van der Waals surface area contributed by atoms with Gasteiger partial charge in [0.1, 0.15) is 23.8 Å². The maximum Gasteiger partial charge on any atom is 0.245 e. The van der Waals surface area contributed by atoms with Crippen LogP contribution in [0.15, 0.2) is 18.7 Å². The van der Waals surface area contributed by atoms with Crippen LogP contribution in [-0.2, 0) is 19.5 Å². The lowest BCUT2D eigenvalue weighted by Gasteiger charge is -2.23. The van der Waals surface area contributed by atoms with Gasteiger partial charge in [-0.15, -0.1) is 10.2 Å². The highest BCUT2D eigenvalue weighted by Gasteiger charge is 2.39. The standard InChI is InChI=1S/C22H29ClN8O6S/c1-12(16(34-4)17-24-9-13(23)10-25-17)38(32,33)30-21-29-28-18(14-7-8-22(2,3)37-14)31(21)15-19(35-5)26-11-27-20(15)36-6/h9-12,14,16H,7-8H2,1-6H3,(H,29,30)/t12?,14-,16?/m1/s1.